The molecule has 0 amide bonds. The molecular weight excluding hydrogens is 407 g/mol. The van der Waals surface area contributed by atoms with Crippen LogP contribution in [0.25, 0.3) is 22.4 Å². The summed E-state index contributed by atoms with van der Waals surface area (Å²) in [6.45, 7) is 1.61. The van der Waals surface area contributed by atoms with E-state index in [1.165, 1.54) is 17.1 Å². The van der Waals surface area contributed by atoms with Crippen LogP contribution in [0.3, 0.4) is 0 Å². The Labute approximate surface area is 186 Å². The predicted octanol–water partition coefficient (Wildman–Crippen LogP) is 2.64. The lowest BCUT2D eigenvalue weighted by atomic mass is 9.98. The Bertz CT molecular complexity index is 1180. The number of rotatable bonds is 4. The first-order chi connectivity index (χ1) is 15.4. The number of nitriles is 1. The molecular formula is C23H25FN8. The van der Waals surface area contributed by atoms with Crippen LogP contribution >= 0.6 is 0 Å². The highest BCUT2D eigenvalue weighted by Crippen LogP contribution is 2.35. The fourth-order valence-electron chi connectivity index (χ4n) is 3.88. The fraction of sp³-hybridized carbons (Fsp3) is 0.261. The number of nitrogen functional groups attached to an aromatic ring is 1. The number of nitrogens with two attached hydrogens (primary N) is 3. The Balaban J connectivity index is 1.83. The minimum atomic E-state index is -0.593. The summed E-state index contributed by atoms with van der Waals surface area (Å²) in [5, 5.41) is 10.4. The maximum absolute atomic E-state index is 14.4. The van der Waals surface area contributed by atoms with Crippen molar-refractivity contribution in [2.24, 2.45) is 11.6 Å². The van der Waals surface area contributed by atoms with Gasteiger partial charge in [0.25, 0.3) is 0 Å². The van der Waals surface area contributed by atoms with Crippen LogP contribution in [0.4, 0.5) is 21.7 Å². The highest BCUT2D eigenvalue weighted by Gasteiger charge is 2.20. The van der Waals surface area contributed by atoms with Gasteiger partial charge in [-0.2, -0.15) is 5.26 Å². The molecule has 32 heavy (non-hydrogen) atoms. The molecule has 0 bridgehead atoms. The maximum atomic E-state index is 14.4. The minimum absolute atomic E-state index is 0.0160. The van der Waals surface area contributed by atoms with Gasteiger partial charge in [-0.1, -0.05) is 6.07 Å². The van der Waals surface area contributed by atoms with Crippen LogP contribution in [0.15, 0.2) is 42.6 Å². The van der Waals surface area contributed by atoms with Crippen molar-refractivity contribution >= 4 is 17.3 Å². The summed E-state index contributed by atoms with van der Waals surface area (Å²) in [4.78, 5) is 11.4. The van der Waals surface area contributed by atoms with E-state index in [1.54, 1.807) is 25.4 Å². The van der Waals surface area contributed by atoms with Gasteiger partial charge in [0.2, 0.25) is 0 Å². The molecule has 1 aliphatic heterocycles. The summed E-state index contributed by atoms with van der Waals surface area (Å²) in [7, 11) is 1.66. The van der Waals surface area contributed by atoms with E-state index >= 15 is 0 Å². The van der Waals surface area contributed by atoms with E-state index in [9.17, 15) is 4.39 Å². The number of hydrogen-bond donors (Lipinski definition) is 3. The average molecular weight is 433 g/mol. The van der Waals surface area contributed by atoms with E-state index in [0.717, 1.165) is 42.9 Å². The number of halogens is 1. The monoisotopic (exact) mass is 432 g/mol. The third kappa shape index (κ3) is 4.19. The van der Waals surface area contributed by atoms with Gasteiger partial charge in [-0.05, 0) is 43.2 Å². The number of aromatic nitrogens is 2. The lowest BCUT2D eigenvalue weighted by Crippen LogP contribution is -2.40. The van der Waals surface area contributed by atoms with E-state index in [1.807, 2.05) is 18.2 Å². The topological polar surface area (TPSA) is 134 Å². The summed E-state index contributed by atoms with van der Waals surface area (Å²) in [5.41, 5.74) is 15.2. The number of pyridine rings is 2. The molecule has 0 radical (unpaired) electrons. The second-order valence-corrected chi connectivity index (χ2v) is 7.94. The summed E-state index contributed by atoms with van der Waals surface area (Å²) >= 11 is 0. The van der Waals surface area contributed by atoms with E-state index < -0.39 is 5.82 Å². The first-order valence-electron chi connectivity index (χ1n) is 10.3. The molecule has 8 nitrogen and oxygen atoms in total. The third-order valence-electron chi connectivity index (χ3n) is 5.65. The molecule has 0 aliphatic carbocycles. The molecule has 0 unspecified atom stereocenters. The SMILES string of the molecule is CN(N)c1ncc(-c2ccc(N3CCC(N)CC3)nc2-c2ccc(C#N)c(F)c2)cc1N. The molecule has 3 aromatic rings. The molecule has 9 heteroatoms. The summed E-state index contributed by atoms with van der Waals surface area (Å²) in [5.74, 6) is 6.43. The second kappa shape index (κ2) is 8.78. The van der Waals surface area contributed by atoms with Gasteiger partial charge in [-0.25, -0.2) is 20.2 Å². The Kier molecular flexibility index (Phi) is 5.90. The first kappa shape index (κ1) is 21.5. The average Bonchev–Trinajstić information content (AvgIpc) is 2.79. The van der Waals surface area contributed by atoms with Crippen molar-refractivity contribution in [1.82, 2.24) is 9.97 Å². The molecule has 1 aliphatic rings. The van der Waals surface area contributed by atoms with Crippen molar-refractivity contribution in [1.29, 1.82) is 5.26 Å². The first-order valence-corrected chi connectivity index (χ1v) is 10.3. The van der Waals surface area contributed by atoms with Crippen molar-refractivity contribution in [3.8, 4) is 28.5 Å². The standard InChI is InChI=1S/C23H25FN8/c1-31(28)23-20(27)11-16(13-29-23)18-4-5-21(32-8-6-17(26)7-9-32)30-22(18)14-2-3-15(12-25)19(24)10-14/h2-5,10-11,13,17H,6-9,26-28H2,1H3. The molecule has 0 saturated carbocycles. The van der Waals surface area contributed by atoms with Gasteiger partial charge in [-0.3, -0.25) is 5.01 Å². The summed E-state index contributed by atoms with van der Waals surface area (Å²) in [6.07, 6.45) is 3.44. The Morgan fingerprint density at radius 3 is 2.53 bits per heavy atom. The van der Waals surface area contributed by atoms with Gasteiger partial charge in [0.1, 0.15) is 17.7 Å². The van der Waals surface area contributed by atoms with Crippen molar-refractivity contribution in [3.05, 3.63) is 54.0 Å². The van der Waals surface area contributed by atoms with Crippen molar-refractivity contribution in [3.63, 3.8) is 0 Å². The van der Waals surface area contributed by atoms with Crippen molar-refractivity contribution in [2.75, 3.05) is 35.8 Å². The van der Waals surface area contributed by atoms with E-state index in [2.05, 4.69) is 9.88 Å². The minimum Gasteiger partial charge on any atom is -0.396 e. The third-order valence-corrected chi connectivity index (χ3v) is 5.65. The molecule has 164 valence electrons. The zero-order valence-corrected chi connectivity index (χ0v) is 17.8. The van der Waals surface area contributed by atoms with Gasteiger partial charge in [0.15, 0.2) is 5.82 Å². The molecule has 0 spiro atoms. The lowest BCUT2D eigenvalue weighted by molar-refractivity contribution is 0.499. The number of hydrogen-bond acceptors (Lipinski definition) is 8. The Hall–Kier alpha value is -3.74. The smallest absolute Gasteiger partial charge is 0.165 e. The van der Waals surface area contributed by atoms with Crippen LogP contribution in [-0.4, -0.2) is 36.1 Å². The van der Waals surface area contributed by atoms with Crippen LogP contribution in [-0.2, 0) is 0 Å². The zero-order valence-electron chi connectivity index (χ0n) is 17.8. The summed E-state index contributed by atoms with van der Waals surface area (Å²) < 4.78 is 14.4. The highest BCUT2D eigenvalue weighted by molar-refractivity contribution is 5.84. The van der Waals surface area contributed by atoms with E-state index in [0.29, 0.717) is 22.8 Å². The summed E-state index contributed by atoms with van der Waals surface area (Å²) in [6, 6.07) is 12.2. The predicted molar refractivity (Wildman–Crippen MR) is 124 cm³/mol. The number of nitrogens with zero attached hydrogens (tertiary/aromatic N) is 5. The van der Waals surface area contributed by atoms with Crippen LogP contribution in [0, 0.1) is 17.1 Å². The van der Waals surface area contributed by atoms with Crippen LogP contribution in [0.5, 0.6) is 0 Å². The number of anilines is 3. The second-order valence-electron chi connectivity index (χ2n) is 7.94. The Morgan fingerprint density at radius 2 is 1.91 bits per heavy atom. The zero-order chi connectivity index (χ0) is 22.8. The molecule has 1 saturated heterocycles. The van der Waals surface area contributed by atoms with Crippen molar-refractivity contribution < 1.29 is 4.39 Å². The molecule has 1 fully saturated rings. The highest BCUT2D eigenvalue weighted by atomic mass is 19.1. The largest absolute Gasteiger partial charge is 0.396 e. The molecule has 6 N–H and O–H groups in total. The normalized spacial score (nSPS) is 14.3. The number of benzene rings is 1. The molecule has 3 heterocycles. The van der Waals surface area contributed by atoms with Gasteiger partial charge in [0, 0.05) is 49.1 Å². The van der Waals surface area contributed by atoms with E-state index in [-0.39, 0.29) is 11.6 Å². The van der Waals surface area contributed by atoms with Crippen molar-refractivity contribution in [2.45, 2.75) is 18.9 Å². The Morgan fingerprint density at radius 1 is 1.16 bits per heavy atom. The van der Waals surface area contributed by atoms with Gasteiger partial charge in [0.05, 0.1) is 16.9 Å². The van der Waals surface area contributed by atoms with Crippen LogP contribution in [0.2, 0.25) is 0 Å². The van der Waals surface area contributed by atoms with Gasteiger partial charge < -0.3 is 16.4 Å². The van der Waals surface area contributed by atoms with E-state index in [4.69, 9.17) is 27.6 Å². The number of piperidine rings is 1. The molecule has 1 aromatic carbocycles. The van der Waals surface area contributed by atoms with Crippen LogP contribution in [0.1, 0.15) is 18.4 Å². The number of hydrazine groups is 1. The quantitative estimate of drug-likeness (QED) is 0.423. The maximum Gasteiger partial charge on any atom is 0.165 e. The lowest BCUT2D eigenvalue weighted by Gasteiger charge is -2.31. The molecule has 2 aromatic heterocycles. The van der Waals surface area contributed by atoms with Gasteiger partial charge in [-0.15, -0.1) is 0 Å². The molecule has 4 rings (SSSR count). The fourth-order valence-corrected chi connectivity index (χ4v) is 3.88. The van der Waals surface area contributed by atoms with Crippen LogP contribution < -0.4 is 27.2 Å². The molecule has 0 atom stereocenters. The van der Waals surface area contributed by atoms with Gasteiger partial charge >= 0.3 is 0 Å².